The van der Waals surface area contributed by atoms with Gasteiger partial charge in [-0.05, 0) is 49.4 Å². The molecule has 9 heteroatoms. The molecule has 1 saturated heterocycles. The molecular formula is C21H28ClN3O5. The van der Waals surface area contributed by atoms with Gasteiger partial charge in [-0.1, -0.05) is 25.4 Å². The van der Waals surface area contributed by atoms with Gasteiger partial charge in [0.1, 0.15) is 0 Å². The molecule has 1 aliphatic heterocycles. The smallest absolute Gasteiger partial charge is 0.321 e. The number of ether oxygens (including phenoxy) is 1. The number of urea groups is 1. The summed E-state index contributed by atoms with van der Waals surface area (Å²) in [6.07, 6.45) is 1.71. The Hall–Kier alpha value is -2.61. The Morgan fingerprint density at radius 1 is 1.13 bits per heavy atom. The second-order valence-corrected chi connectivity index (χ2v) is 8.10. The van der Waals surface area contributed by atoms with Crippen LogP contribution in [0.3, 0.4) is 0 Å². The number of carbonyl (C=O) groups is 4. The van der Waals surface area contributed by atoms with Crippen molar-refractivity contribution in [3.63, 3.8) is 0 Å². The molecule has 8 nitrogen and oxygen atoms in total. The van der Waals surface area contributed by atoms with Crippen LogP contribution in [0.5, 0.6) is 0 Å². The predicted octanol–water partition coefficient (Wildman–Crippen LogP) is 2.61. The summed E-state index contributed by atoms with van der Waals surface area (Å²) >= 11 is 5.84. The highest BCUT2D eigenvalue weighted by Gasteiger charge is 2.29. The summed E-state index contributed by atoms with van der Waals surface area (Å²) in [7, 11) is 0. The summed E-state index contributed by atoms with van der Waals surface area (Å²) in [5, 5.41) is 5.26. The van der Waals surface area contributed by atoms with E-state index in [0.29, 0.717) is 49.0 Å². The molecule has 0 unspecified atom stereocenters. The molecule has 30 heavy (non-hydrogen) atoms. The first kappa shape index (κ1) is 23.7. The van der Waals surface area contributed by atoms with Crippen LogP contribution in [0.2, 0.25) is 5.02 Å². The van der Waals surface area contributed by atoms with Crippen LogP contribution in [0.4, 0.5) is 4.79 Å². The van der Waals surface area contributed by atoms with Gasteiger partial charge < -0.3 is 15.0 Å². The molecule has 1 fully saturated rings. The third-order valence-corrected chi connectivity index (χ3v) is 5.06. The number of halogens is 1. The van der Waals surface area contributed by atoms with Crippen LogP contribution in [0.15, 0.2) is 24.3 Å². The van der Waals surface area contributed by atoms with Crippen LogP contribution in [-0.4, -0.2) is 55.0 Å². The second kappa shape index (κ2) is 11.5. The summed E-state index contributed by atoms with van der Waals surface area (Å²) < 4.78 is 5.03. The molecule has 0 spiro atoms. The molecule has 1 heterocycles. The second-order valence-electron chi connectivity index (χ2n) is 7.67. The summed E-state index contributed by atoms with van der Waals surface area (Å²) in [6, 6.07) is 6.06. The number of hydrogen-bond acceptors (Lipinski definition) is 5. The Labute approximate surface area is 181 Å². The fourth-order valence-corrected chi connectivity index (χ4v) is 3.16. The Morgan fingerprint density at radius 2 is 1.77 bits per heavy atom. The van der Waals surface area contributed by atoms with Gasteiger partial charge in [0.2, 0.25) is 0 Å². The van der Waals surface area contributed by atoms with E-state index in [1.165, 1.54) is 0 Å². The SMILES string of the molecule is CC(C)CCNC(=O)NC(=O)COC(=O)C1CCN(C(=O)c2ccc(Cl)cc2)CC1. The van der Waals surface area contributed by atoms with E-state index in [9.17, 15) is 19.2 Å². The van der Waals surface area contributed by atoms with Gasteiger partial charge in [0, 0.05) is 30.2 Å². The predicted molar refractivity (Wildman–Crippen MR) is 112 cm³/mol. The van der Waals surface area contributed by atoms with Crippen LogP contribution < -0.4 is 10.6 Å². The van der Waals surface area contributed by atoms with Crippen LogP contribution in [-0.2, 0) is 14.3 Å². The van der Waals surface area contributed by atoms with E-state index in [2.05, 4.69) is 10.6 Å². The van der Waals surface area contributed by atoms with E-state index < -0.39 is 24.5 Å². The van der Waals surface area contributed by atoms with Crippen LogP contribution in [0, 0.1) is 11.8 Å². The minimum Gasteiger partial charge on any atom is -0.455 e. The van der Waals surface area contributed by atoms with Crippen molar-refractivity contribution in [3.05, 3.63) is 34.9 Å². The number of likely N-dealkylation sites (tertiary alicyclic amines) is 1. The number of imide groups is 1. The van der Waals surface area contributed by atoms with E-state index in [1.54, 1.807) is 29.2 Å². The molecule has 2 rings (SSSR count). The van der Waals surface area contributed by atoms with Crippen LogP contribution in [0.25, 0.3) is 0 Å². The summed E-state index contributed by atoms with van der Waals surface area (Å²) in [6.45, 7) is 4.85. The fraction of sp³-hybridized carbons (Fsp3) is 0.524. The number of esters is 1. The van der Waals surface area contributed by atoms with Crippen molar-refractivity contribution in [1.82, 2.24) is 15.5 Å². The average Bonchev–Trinajstić information content (AvgIpc) is 2.72. The number of carbonyl (C=O) groups excluding carboxylic acids is 4. The summed E-state index contributed by atoms with van der Waals surface area (Å²) in [4.78, 5) is 49.7. The number of rotatable bonds is 7. The highest BCUT2D eigenvalue weighted by molar-refractivity contribution is 6.30. The Balaban J connectivity index is 1.68. The molecule has 0 atom stereocenters. The van der Waals surface area contributed by atoms with Gasteiger partial charge in [-0.25, -0.2) is 4.79 Å². The Bertz CT molecular complexity index is 758. The van der Waals surface area contributed by atoms with Crippen molar-refractivity contribution in [3.8, 4) is 0 Å². The quantitative estimate of drug-likeness (QED) is 0.638. The lowest BCUT2D eigenvalue weighted by Crippen LogP contribution is -2.43. The van der Waals surface area contributed by atoms with Gasteiger partial charge in [-0.2, -0.15) is 0 Å². The van der Waals surface area contributed by atoms with Gasteiger partial charge in [-0.15, -0.1) is 0 Å². The Morgan fingerprint density at radius 3 is 2.37 bits per heavy atom. The topological polar surface area (TPSA) is 105 Å². The maximum Gasteiger partial charge on any atom is 0.321 e. The lowest BCUT2D eigenvalue weighted by molar-refractivity contribution is -0.153. The molecule has 2 N–H and O–H groups in total. The molecule has 0 saturated carbocycles. The van der Waals surface area contributed by atoms with Crippen molar-refractivity contribution in [1.29, 1.82) is 0 Å². The summed E-state index contributed by atoms with van der Waals surface area (Å²) in [5.74, 6) is -1.23. The van der Waals surface area contributed by atoms with Crippen molar-refractivity contribution in [2.45, 2.75) is 33.1 Å². The van der Waals surface area contributed by atoms with Gasteiger partial charge in [0.15, 0.2) is 6.61 Å². The molecule has 0 aliphatic carbocycles. The average molecular weight is 438 g/mol. The van der Waals surface area contributed by atoms with E-state index >= 15 is 0 Å². The standard InChI is InChI=1S/C21H28ClN3O5/c1-14(2)7-10-23-21(29)24-18(26)13-30-20(28)16-8-11-25(12-9-16)19(27)15-3-5-17(22)6-4-15/h3-6,14,16H,7-13H2,1-2H3,(H2,23,24,26,29). The van der Waals surface area contributed by atoms with E-state index in [0.717, 1.165) is 6.42 Å². The first-order valence-electron chi connectivity index (χ1n) is 10.1. The van der Waals surface area contributed by atoms with Crippen molar-refractivity contribution < 1.29 is 23.9 Å². The third-order valence-electron chi connectivity index (χ3n) is 4.81. The molecule has 164 valence electrons. The first-order valence-corrected chi connectivity index (χ1v) is 10.4. The molecule has 1 aromatic rings. The maximum absolute atomic E-state index is 12.5. The number of piperidine rings is 1. The van der Waals surface area contributed by atoms with Gasteiger partial charge in [0.05, 0.1) is 5.92 Å². The zero-order valence-electron chi connectivity index (χ0n) is 17.3. The normalized spacial score (nSPS) is 14.3. The molecule has 4 amide bonds. The molecular weight excluding hydrogens is 410 g/mol. The monoisotopic (exact) mass is 437 g/mol. The molecule has 1 aliphatic rings. The van der Waals surface area contributed by atoms with Crippen LogP contribution in [0.1, 0.15) is 43.5 Å². The zero-order valence-corrected chi connectivity index (χ0v) is 18.0. The minimum absolute atomic E-state index is 0.110. The Kier molecular flexibility index (Phi) is 9.11. The van der Waals surface area contributed by atoms with Gasteiger partial charge >= 0.3 is 12.0 Å². The van der Waals surface area contributed by atoms with Crippen LogP contribution >= 0.6 is 11.6 Å². The molecule has 0 radical (unpaired) electrons. The van der Waals surface area contributed by atoms with Crippen molar-refractivity contribution in [2.24, 2.45) is 11.8 Å². The van der Waals surface area contributed by atoms with Crippen molar-refractivity contribution >= 4 is 35.4 Å². The molecule has 0 bridgehead atoms. The highest BCUT2D eigenvalue weighted by Crippen LogP contribution is 2.21. The van der Waals surface area contributed by atoms with Gasteiger partial charge in [0.25, 0.3) is 11.8 Å². The maximum atomic E-state index is 12.5. The number of benzene rings is 1. The zero-order chi connectivity index (χ0) is 22.1. The lowest BCUT2D eigenvalue weighted by Gasteiger charge is -2.31. The first-order chi connectivity index (χ1) is 14.3. The number of hydrogen-bond donors (Lipinski definition) is 2. The lowest BCUT2D eigenvalue weighted by atomic mass is 9.96. The van der Waals surface area contributed by atoms with E-state index in [-0.39, 0.29) is 11.8 Å². The largest absolute Gasteiger partial charge is 0.455 e. The molecule has 1 aromatic carbocycles. The van der Waals surface area contributed by atoms with E-state index in [4.69, 9.17) is 16.3 Å². The number of nitrogens with zero attached hydrogens (tertiary/aromatic N) is 1. The fourth-order valence-electron chi connectivity index (χ4n) is 3.03. The number of nitrogens with one attached hydrogen (secondary N) is 2. The third kappa shape index (κ3) is 7.67. The van der Waals surface area contributed by atoms with E-state index in [1.807, 2.05) is 13.8 Å². The molecule has 0 aromatic heterocycles. The minimum atomic E-state index is -0.680. The van der Waals surface area contributed by atoms with Crippen molar-refractivity contribution in [2.75, 3.05) is 26.2 Å². The summed E-state index contributed by atoms with van der Waals surface area (Å²) in [5.41, 5.74) is 0.545. The number of amides is 4. The highest BCUT2D eigenvalue weighted by atomic mass is 35.5. The van der Waals surface area contributed by atoms with Gasteiger partial charge in [-0.3, -0.25) is 19.7 Å².